The van der Waals surface area contributed by atoms with Gasteiger partial charge in [-0.2, -0.15) is 0 Å². The molecule has 0 radical (unpaired) electrons. The Kier molecular flexibility index (Phi) is 10.6. The summed E-state index contributed by atoms with van der Waals surface area (Å²) in [7, 11) is 0. The van der Waals surface area contributed by atoms with Crippen LogP contribution in [0.4, 0.5) is 0 Å². The van der Waals surface area contributed by atoms with E-state index in [1.54, 1.807) is 0 Å². The Balaban J connectivity index is 0.00000612. The van der Waals surface area contributed by atoms with Crippen LogP contribution in [0, 0.1) is 19.8 Å². The number of imidazole rings is 1. The molecule has 0 aliphatic heterocycles. The first-order valence-electron chi connectivity index (χ1n) is 22.3. The van der Waals surface area contributed by atoms with Crippen LogP contribution in [0.3, 0.4) is 0 Å². The Labute approximate surface area is 381 Å². The molecule has 8 aromatic rings. The first-order chi connectivity index (χ1) is 29.6. The molecule has 4 nitrogen and oxygen atoms in total. The molecule has 1 N–H and O–H groups in total. The second-order valence-corrected chi connectivity index (χ2v) is 19.2. The summed E-state index contributed by atoms with van der Waals surface area (Å²) in [5.41, 5.74) is 13.0. The predicted molar refractivity (Wildman–Crippen MR) is 252 cm³/mol. The molecule has 0 saturated carbocycles. The van der Waals surface area contributed by atoms with Gasteiger partial charge in [0.05, 0.1) is 22.3 Å². The van der Waals surface area contributed by atoms with Crippen molar-refractivity contribution in [1.82, 2.24) is 14.5 Å². The van der Waals surface area contributed by atoms with Gasteiger partial charge in [-0.1, -0.05) is 176 Å². The number of nitrogens with zero attached hydrogens (tertiary/aromatic N) is 3. The molecule has 0 amide bonds. The van der Waals surface area contributed by atoms with Crippen LogP contribution in [0.5, 0.6) is 5.75 Å². The van der Waals surface area contributed by atoms with Crippen LogP contribution in [0.25, 0.3) is 72.7 Å². The van der Waals surface area contributed by atoms with E-state index in [1.165, 1.54) is 5.56 Å². The van der Waals surface area contributed by atoms with Crippen molar-refractivity contribution in [3.63, 3.8) is 0 Å². The van der Waals surface area contributed by atoms with Crippen LogP contribution in [0.2, 0.25) is 0 Å². The molecule has 6 aromatic carbocycles. The van der Waals surface area contributed by atoms with E-state index in [9.17, 15) is 5.11 Å². The summed E-state index contributed by atoms with van der Waals surface area (Å²) in [6.07, 6.45) is 1.85. The summed E-state index contributed by atoms with van der Waals surface area (Å²) in [4.78, 5) is 10.4. The Bertz CT molecular complexity index is 3000. The second-order valence-electron chi connectivity index (χ2n) is 19.2. The molecule has 0 atom stereocenters. The summed E-state index contributed by atoms with van der Waals surface area (Å²) >= 11 is 0. The molecule has 0 aliphatic carbocycles. The van der Waals surface area contributed by atoms with Gasteiger partial charge in [0, 0.05) is 42.6 Å². The average Bonchev–Trinajstić information content (AvgIpc) is 3.62. The molecule has 0 fully saturated rings. The number of phenols is 1. The number of benzene rings is 6. The van der Waals surface area contributed by atoms with Crippen molar-refractivity contribution < 1.29 is 30.3 Å². The minimum Gasteiger partial charge on any atom is -0.507 e. The van der Waals surface area contributed by atoms with Gasteiger partial charge < -0.3 is 5.11 Å². The maximum atomic E-state index is 12.4. The quantitative estimate of drug-likeness (QED) is 0.169. The van der Waals surface area contributed by atoms with E-state index >= 15 is 0 Å². The maximum absolute atomic E-state index is 12.4. The normalized spacial score (nSPS) is 13.0. The molecular weight excluding hydrogens is 926 g/mol. The Morgan fingerprint density at radius 1 is 0.607 bits per heavy atom. The summed E-state index contributed by atoms with van der Waals surface area (Å²) in [6.45, 7) is 18.6. The van der Waals surface area contributed by atoms with Crippen LogP contribution in [0.1, 0.15) is 94.2 Å². The van der Waals surface area contributed by atoms with E-state index in [4.69, 9.17) is 14.1 Å². The van der Waals surface area contributed by atoms with Gasteiger partial charge in [-0.3, -0.25) is 9.55 Å². The zero-order valence-corrected chi connectivity index (χ0v) is 39.1. The van der Waals surface area contributed by atoms with Gasteiger partial charge in [-0.15, -0.1) is 23.8 Å². The first-order valence-corrected chi connectivity index (χ1v) is 20.8. The Morgan fingerprint density at radius 3 is 1.97 bits per heavy atom. The minimum atomic E-state index is -2.46. The number of hydrogen-bond acceptors (Lipinski definition) is 3. The Hall–Kier alpha value is -5.57. The topological polar surface area (TPSA) is 50.9 Å². The zero-order valence-electron chi connectivity index (χ0n) is 39.8. The van der Waals surface area contributed by atoms with Crippen molar-refractivity contribution in [2.24, 2.45) is 0 Å². The molecule has 0 unspecified atom stereocenters. The van der Waals surface area contributed by atoms with Crippen LogP contribution in [0.15, 0.2) is 134 Å². The van der Waals surface area contributed by atoms with Gasteiger partial charge >= 0.3 is 0 Å². The predicted octanol–water partition coefficient (Wildman–Crippen LogP) is 14.8. The van der Waals surface area contributed by atoms with Gasteiger partial charge in [-0.05, 0) is 87.7 Å². The van der Waals surface area contributed by atoms with E-state index in [0.717, 1.165) is 61.3 Å². The number of aromatic nitrogens is 3. The molecule has 8 rings (SSSR count). The fourth-order valence-electron chi connectivity index (χ4n) is 7.90. The standard InChI is InChI=1S/C56H56N3O.Pt/c1-35-20-22-38(23-21-35)39-26-27-57-48(32-39)42-30-40(37-16-13-12-14-17-37)29-41(31-42)45-18-15-19-50-51(45)58-53(59(50)49-25-24-43(28-36(49)2)54(3,4)5)46-33-44(55(6,7)8)34-47(52(46)60)56(9,10)11;/h12-30,32-34,60H,1-11H3;/q-1;/i2D3;. The van der Waals surface area contributed by atoms with E-state index in [1.807, 2.05) is 77.5 Å². The van der Waals surface area contributed by atoms with Crippen molar-refractivity contribution in [3.8, 4) is 67.5 Å². The van der Waals surface area contributed by atoms with Gasteiger partial charge in [0.1, 0.15) is 11.6 Å². The van der Waals surface area contributed by atoms with Crippen molar-refractivity contribution in [3.05, 3.63) is 167 Å². The van der Waals surface area contributed by atoms with E-state index < -0.39 is 12.3 Å². The molecule has 0 bridgehead atoms. The third-order valence-electron chi connectivity index (χ3n) is 11.5. The smallest absolute Gasteiger partial charge is 0.148 e. The number of fused-ring (bicyclic) bond motifs is 1. The molecule has 0 spiro atoms. The molecule has 61 heavy (non-hydrogen) atoms. The summed E-state index contributed by atoms with van der Waals surface area (Å²) < 4.78 is 28.6. The molecule has 2 heterocycles. The molecule has 312 valence electrons. The number of aryl methyl sites for hydroxylation is 2. The Morgan fingerprint density at radius 2 is 1.30 bits per heavy atom. The number of pyridine rings is 1. The zero-order chi connectivity index (χ0) is 45.2. The molecule has 0 aliphatic rings. The minimum absolute atomic E-state index is 0. The van der Waals surface area contributed by atoms with Gasteiger partial charge in [-0.25, -0.2) is 4.98 Å². The van der Waals surface area contributed by atoms with Crippen LogP contribution in [-0.4, -0.2) is 19.6 Å². The number of aromatic hydroxyl groups is 1. The number of phenolic OH excluding ortho intramolecular Hbond substituents is 1. The molecule has 0 saturated heterocycles. The third-order valence-corrected chi connectivity index (χ3v) is 11.5. The van der Waals surface area contributed by atoms with Crippen molar-refractivity contribution in [1.29, 1.82) is 0 Å². The molecular formula is C56H56N3OPt-. The van der Waals surface area contributed by atoms with Crippen LogP contribution in [-0.2, 0) is 37.3 Å². The largest absolute Gasteiger partial charge is 0.507 e. The number of rotatable bonds is 6. The summed E-state index contributed by atoms with van der Waals surface area (Å²) in [5, 5.41) is 12.4. The van der Waals surface area contributed by atoms with Crippen molar-refractivity contribution in [2.45, 2.75) is 92.3 Å². The average molecular weight is 985 g/mol. The van der Waals surface area contributed by atoms with Crippen LogP contribution >= 0.6 is 0 Å². The van der Waals surface area contributed by atoms with Gasteiger partial charge in [0.25, 0.3) is 0 Å². The molecule has 5 heteroatoms. The molecule has 2 aromatic heterocycles. The monoisotopic (exact) mass is 984 g/mol. The third kappa shape index (κ3) is 8.66. The van der Waals surface area contributed by atoms with Gasteiger partial charge in [0.15, 0.2) is 0 Å². The summed E-state index contributed by atoms with van der Waals surface area (Å²) in [6, 6.07) is 46.8. The van der Waals surface area contributed by atoms with Crippen molar-refractivity contribution >= 4 is 11.0 Å². The second kappa shape index (κ2) is 16.4. The van der Waals surface area contributed by atoms with E-state index in [0.29, 0.717) is 28.1 Å². The van der Waals surface area contributed by atoms with Crippen LogP contribution < -0.4 is 0 Å². The van der Waals surface area contributed by atoms with Crippen molar-refractivity contribution in [2.75, 3.05) is 0 Å². The first kappa shape index (κ1) is 39.6. The van der Waals surface area contributed by atoms with Gasteiger partial charge in [0.2, 0.25) is 0 Å². The van der Waals surface area contributed by atoms with E-state index in [2.05, 4.69) is 136 Å². The fraction of sp³-hybridized carbons (Fsp3) is 0.250. The summed E-state index contributed by atoms with van der Waals surface area (Å²) in [5.74, 6) is 0.572. The maximum Gasteiger partial charge on any atom is 0.148 e. The number of hydrogen-bond donors (Lipinski definition) is 1. The van der Waals surface area contributed by atoms with E-state index in [-0.39, 0.29) is 43.2 Å². The SMILES string of the molecule is [2H]C([2H])([2H])c1cc(C(C)(C)C)ccc1-n1c(-c2cc(C(C)(C)C)cc(C(C)(C)C)c2O)nc2c(-c3[c-]c(-c4cc(-c5ccc(C)cc5)ccn4)cc(-c4ccccc4)c3)cccc21.[Pt]. The fourth-order valence-corrected chi connectivity index (χ4v) is 7.90. The number of para-hydroxylation sites is 1.